The second-order valence-corrected chi connectivity index (χ2v) is 7.20. The van der Waals surface area contributed by atoms with Gasteiger partial charge in [0.05, 0.1) is 10.6 Å². The third kappa shape index (κ3) is 3.52. The van der Waals surface area contributed by atoms with E-state index < -0.39 is 0 Å². The summed E-state index contributed by atoms with van der Waals surface area (Å²) >= 11 is 6.40. The summed E-state index contributed by atoms with van der Waals surface area (Å²) in [6.45, 7) is 3.69. The van der Waals surface area contributed by atoms with Gasteiger partial charge in [-0.1, -0.05) is 11.6 Å². The maximum Gasteiger partial charge on any atom is 0.255 e. The van der Waals surface area contributed by atoms with Crippen molar-refractivity contribution < 1.29 is 4.79 Å². The molecule has 134 valence electrons. The Balaban J connectivity index is 0.00000182. The molecule has 1 unspecified atom stereocenters. The van der Waals surface area contributed by atoms with E-state index in [0.29, 0.717) is 10.6 Å². The summed E-state index contributed by atoms with van der Waals surface area (Å²) in [7, 11) is 0. The Morgan fingerprint density at radius 3 is 2.72 bits per heavy atom. The zero-order chi connectivity index (χ0) is 16.6. The fourth-order valence-electron chi connectivity index (χ4n) is 3.87. The van der Waals surface area contributed by atoms with Crippen molar-refractivity contribution in [2.24, 2.45) is 5.41 Å². The first-order valence-corrected chi connectivity index (χ1v) is 8.69. The van der Waals surface area contributed by atoms with Crippen molar-refractivity contribution in [2.45, 2.75) is 19.3 Å². The lowest BCUT2D eigenvalue weighted by molar-refractivity contribution is 0.0553. The summed E-state index contributed by atoms with van der Waals surface area (Å²) in [5, 5.41) is 11.5. The van der Waals surface area contributed by atoms with Crippen molar-refractivity contribution in [1.82, 2.24) is 25.0 Å². The number of hydrogen-bond donors (Lipinski definition) is 1. The molecule has 2 aliphatic heterocycles. The Hall–Kier alpha value is -1.63. The van der Waals surface area contributed by atoms with Crippen LogP contribution >= 0.6 is 24.0 Å². The summed E-state index contributed by atoms with van der Waals surface area (Å²) in [5.74, 6) is 0.0290. The van der Waals surface area contributed by atoms with Crippen molar-refractivity contribution in [3.05, 3.63) is 41.4 Å². The van der Waals surface area contributed by atoms with Gasteiger partial charge in [0.15, 0.2) is 0 Å². The van der Waals surface area contributed by atoms with Crippen LogP contribution in [-0.2, 0) is 0 Å². The minimum atomic E-state index is 0. The molecule has 2 fully saturated rings. The summed E-state index contributed by atoms with van der Waals surface area (Å²) in [4.78, 5) is 14.9. The topological polar surface area (TPSA) is 63.1 Å². The Bertz CT molecular complexity index is 744. The first-order valence-electron chi connectivity index (χ1n) is 8.31. The van der Waals surface area contributed by atoms with Gasteiger partial charge in [0.1, 0.15) is 12.7 Å². The molecule has 1 aromatic heterocycles. The highest BCUT2D eigenvalue weighted by Gasteiger charge is 2.39. The molecule has 2 saturated heterocycles. The summed E-state index contributed by atoms with van der Waals surface area (Å²) < 4.78 is 1.76. The second kappa shape index (κ2) is 7.32. The number of carbonyl (C=O) groups is 1. The molecule has 1 spiro atoms. The van der Waals surface area contributed by atoms with Gasteiger partial charge in [-0.15, -0.1) is 22.6 Å². The van der Waals surface area contributed by atoms with Crippen LogP contribution in [-0.4, -0.2) is 51.8 Å². The monoisotopic (exact) mass is 381 g/mol. The quantitative estimate of drug-likeness (QED) is 0.867. The zero-order valence-electron chi connectivity index (χ0n) is 13.8. The lowest BCUT2D eigenvalue weighted by atomic mass is 9.79. The number of aromatic nitrogens is 3. The molecule has 25 heavy (non-hydrogen) atoms. The highest BCUT2D eigenvalue weighted by Crippen LogP contribution is 2.36. The van der Waals surface area contributed by atoms with Crippen LogP contribution in [0, 0.1) is 5.41 Å². The molecular weight excluding hydrogens is 361 g/mol. The second-order valence-electron chi connectivity index (χ2n) is 6.79. The summed E-state index contributed by atoms with van der Waals surface area (Å²) in [6, 6.07) is 5.46. The highest BCUT2D eigenvalue weighted by atomic mass is 35.5. The van der Waals surface area contributed by atoms with Gasteiger partial charge >= 0.3 is 0 Å². The average molecular weight is 382 g/mol. The van der Waals surface area contributed by atoms with Crippen molar-refractivity contribution >= 4 is 29.9 Å². The highest BCUT2D eigenvalue weighted by molar-refractivity contribution is 6.34. The van der Waals surface area contributed by atoms with E-state index in [9.17, 15) is 4.79 Å². The Labute approximate surface area is 158 Å². The van der Waals surface area contributed by atoms with Crippen LogP contribution in [0.5, 0.6) is 0 Å². The lowest BCUT2D eigenvalue weighted by Gasteiger charge is -2.40. The average Bonchev–Trinajstić information content (AvgIpc) is 3.27. The SMILES string of the molecule is Cl.O=C(c1ccc(-n2cnnc2)cc1Cl)N1CCCC2(CCNC2)C1. The molecule has 2 aliphatic rings. The van der Waals surface area contributed by atoms with E-state index in [1.165, 1.54) is 6.42 Å². The first-order chi connectivity index (χ1) is 11.7. The normalized spacial score (nSPS) is 22.8. The molecule has 8 heteroatoms. The number of benzene rings is 1. The third-order valence-corrected chi connectivity index (χ3v) is 5.49. The molecule has 0 saturated carbocycles. The number of halogens is 2. The number of hydrogen-bond acceptors (Lipinski definition) is 4. The van der Waals surface area contributed by atoms with E-state index in [1.54, 1.807) is 29.4 Å². The lowest BCUT2D eigenvalue weighted by Crippen LogP contribution is -2.47. The Morgan fingerprint density at radius 2 is 2.04 bits per heavy atom. The largest absolute Gasteiger partial charge is 0.338 e. The summed E-state index contributed by atoms with van der Waals surface area (Å²) in [6.07, 6.45) is 6.62. The van der Waals surface area contributed by atoms with Gasteiger partial charge in [0.25, 0.3) is 5.91 Å². The van der Waals surface area contributed by atoms with Crippen LogP contribution < -0.4 is 5.32 Å². The van der Waals surface area contributed by atoms with E-state index in [-0.39, 0.29) is 23.7 Å². The minimum absolute atomic E-state index is 0. The van der Waals surface area contributed by atoms with Crippen LogP contribution in [0.3, 0.4) is 0 Å². The van der Waals surface area contributed by atoms with E-state index >= 15 is 0 Å². The molecule has 2 aromatic rings. The number of rotatable bonds is 2. The molecule has 0 radical (unpaired) electrons. The maximum absolute atomic E-state index is 12.9. The van der Waals surface area contributed by atoms with Crippen molar-refractivity contribution in [2.75, 3.05) is 26.2 Å². The Kier molecular flexibility index (Phi) is 5.32. The Morgan fingerprint density at radius 1 is 1.24 bits per heavy atom. The number of carbonyl (C=O) groups excluding carboxylic acids is 1. The van der Waals surface area contributed by atoms with Gasteiger partial charge in [-0.05, 0) is 44.0 Å². The van der Waals surface area contributed by atoms with Crippen LogP contribution in [0.15, 0.2) is 30.9 Å². The van der Waals surface area contributed by atoms with E-state index in [4.69, 9.17) is 11.6 Å². The maximum atomic E-state index is 12.9. The van der Waals surface area contributed by atoms with E-state index in [0.717, 1.165) is 44.7 Å². The van der Waals surface area contributed by atoms with Gasteiger partial charge in [-0.2, -0.15) is 0 Å². The molecule has 0 bridgehead atoms. The fraction of sp³-hybridized carbons (Fsp3) is 0.471. The van der Waals surface area contributed by atoms with Gasteiger partial charge in [0.2, 0.25) is 0 Å². The van der Waals surface area contributed by atoms with Gasteiger partial charge in [0, 0.05) is 30.7 Å². The first kappa shape index (κ1) is 18.2. The number of amides is 1. The predicted octanol–water partition coefficient (Wildman–Crippen LogP) is 2.56. The standard InChI is InChI=1S/C17H20ClN5O.ClH/c18-15-8-13(23-11-20-21-12-23)2-3-14(15)16(24)22-7-1-4-17(10-22)5-6-19-9-17;/h2-3,8,11-12,19H,1,4-7,9-10H2;1H. The van der Waals surface area contributed by atoms with Crippen molar-refractivity contribution in [1.29, 1.82) is 0 Å². The van der Waals surface area contributed by atoms with Crippen LogP contribution in [0.4, 0.5) is 0 Å². The molecule has 1 amide bonds. The number of nitrogens with zero attached hydrogens (tertiary/aromatic N) is 4. The van der Waals surface area contributed by atoms with Crippen LogP contribution in [0.25, 0.3) is 5.69 Å². The number of likely N-dealkylation sites (tertiary alicyclic amines) is 1. The van der Waals surface area contributed by atoms with E-state index in [2.05, 4.69) is 15.5 Å². The molecule has 1 atom stereocenters. The summed E-state index contributed by atoms with van der Waals surface area (Å²) in [5.41, 5.74) is 1.66. The molecule has 3 heterocycles. The molecule has 1 aromatic carbocycles. The number of nitrogens with one attached hydrogen (secondary N) is 1. The molecule has 4 rings (SSSR count). The molecular formula is C17H21Cl2N5O. The van der Waals surface area contributed by atoms with Gasteiger partial charge < -0.3 is 10.2 Å². The third-order valence-electron chi connectivity index (χ3n) is 5.18. The molecule has 0 aliphatic carbocycles. The van der Waals surface area contributed by atoms with Crippen LogP contribution in [0.1, 0.15) is 29.6 Å². The van der Waals surface area contributed by atoms with Gasteiger partial charge in [-0.3, -0.25) is 9.36 Å². The molecule has 1 N–H and O–H groups in total. The van der Waals surface area contributed by atoms with Crippen molar-refractivity contribution in [3.63, 3.8) is 0 Å². The number of piperidine rings is 1. The van der Waals surface area contributed by atoms with Gasteiger partial charge in [-0.25, -0.2) is 0 Å². The predicted molar refractivity (Wildman–Crippen MR) is 98.7 cm³/mol. The smallest absolute Gasteiger partial charge is 0.255 e. The minimum Gasteiger partial charge on any atom is -0.338 e. The zero-order valence-corrected chi connectivity index (χ0v) is 15.4. The fourth-order valence-corrected chi connectivity index (χ4v) is 4.12. The van der Waals surface area contributed by atoms with E-state index in [1.807, 2.05) is 11.0 Å². The van der Waals surface area contributed by atoms with Crippen molar-refractivity contribution in [3.8, 4) is 5.69 Å². The molecule has 6 nitrogen and oxygen atoms in total. The van der Waals surface area contributed by atoms with Crippen LogP contribution in [0.2, 0.25) is 5.02 Å².